The quantitative estimate of drug-likeness (QED) is 0.0366. The summed E-state index contributed by atoms with van der Waals surface area (Å²) >= 11 is 5.24. The van der Waals surface area contributed by atoms with Crippen LogP contribution in [0.5, 0.6) is 23.0 Å². The Hall–Kier alpha value is -5.03. The van der Waals surface area contributed by atoms with Gasteiger partial charge in [0, 0.05) is 48.3 Å². The van der Waals surface area contributed by atoms with Gasteiger partial charge in [0.15, 0.2) is 0 Å². The molecule has 0 fully saturated rings. The standard InChI is InChI=1S/C67H87N3O4S3/c1-8-11-14-17-19-21-23-25-27-30-39-73-52-37-32-35-50(42-52)59-60(51-36-33-38-53(43-51)74-40-31-28-26-24-22-20-18-15-12-9-2)70-63-61(69-59)56(57-44-49(48(5)76-57)34-29-16-13-10-3)46-68-62(63)58-45-55-65(72-7)66-54(41-47(4)75-66)64(71-6)67(55)77-58/h32-33,35-38,41-46H,8-31,34,39-40H2,1-7H3. The van der Waals surface area contributed by atoms with Crippen LogP contribution in [-0.2, 0) is 6.42 Å². The molecule has 0 saturated carbocycles. The molecule has 7 nitrogen and oxygen atoms in total. The van der Waals surface area contributed by atoms with E-state index in [1.807, 2.05) is 17.5 Å². The van der Waals surface area contributed by atoms with Gasteiger partial charge in [-0.1, -0.05) is 180 Å². The number of pyridine rings is 1. The second-order valence-electron chi connectivity index (χ2n) is 21.3. The third kappa shape index (κ3) is 15.4. The molecule has 5 aromatic heterocycles. The predicted molar refractivity (Wildman–Crippen MR) is 333 cm³/mol. The average molecular weight is 1090 g/mol. The summed E-state index contributed by atoms with van der Waals surface area (Å²) in [4.78, 5) is 21.7. The maximum absolute atomic E-state index is 6.53. The highest BCUT2D eigenvalue weighted by molar-refractivity contribution is 7.23. The first-order valence-electron chi connectivity index (χ1n) is 29.7. The number of thiophene rings is 3. The number of fused-ring (bicyclic) bond motifs is 3. The zero-order chi connectivity index (χ0) is 53.8. The first-order valence-corrected chi connectivity index (χ1v) is 32.1. The highest BCUT2D eigenvalue weighted by atomic mass is 32.1. The lowest BCUT2D eigenvalue weighted by atomic mass is 10.0. The Balaban J connectivity index is 1.18. The van der Waals surface area contributed by atoms with Crippen molar-refractivity contribution in [3.63, 3.8) is 0 Å². The largest absolute Gasteiger partial charge is 0.495 e. The van der Waals surface area contributed by atoms with E-state index in [-0.39, 0.29) is 0 Å². The van der Waals surface area contributed by atoms with Gasteiger partial charge in [0.25, 0.3) is 0 Å². The van der Waals surface area contributed by atoms with Gasteiger partial charge < -0.3 is 18.9 Å². The van der Waals surface area contributed by atoms with Crippen molar-refractivity contribution in [3.05, 3.63) is 88.2 Å². The fourth-order valence-electron chi connectivity index (χ4n) is 10.8. The van der Waals surface area contributed by atoms with Gasteiger partial charge >= 0.3 is 0 Å². The minimum atomic E-state index is 0.684. The van der Waals surface area contributed by atoms with Gasteiger partial charge in [-0.2, -0.15) is 0 Å². The second-order valence-corrected chi connectivity index (χ2v) is 24.8. The van der Waals surface area contributed by atoms with Crippen LogP contribution in [0.25, 0.3) is 74.7 Å². The van der Waals surface area contributed by atoms with Crippen LogP contribution < -0.4 is 18.9 Å². The topological polar surface area (TPSA) is 75.6 Å². The van der Waals surface area contributed by atoms with Gasteiger partial charge in [0.2, 0.25) is 0 Å². The summed E-state index contributed by atoms with van der Waals surface area (Å²) in [6.45, 7) is 12.6. The number of methoxy groups -OCH3 is 2. The van der Waals surface area contributed by atoms with E-state index >= 15 is 0 Å². The first-order chi connectivity index (χ1) is 37.8. The molecule has 0 N–H and O–H groups in total. The van der Waals surface area contributed by atoms with E-state index in [4.69, 9.17) is 33.9 Å². The number of rotatable bonds is 35. The third-order valence-corrected chi connectivity index (χ3v) is 18.5. The SMILES string of the molecule is CCCCCCCCCCCCOc1cccc(-c2nc3c(-c4cc(CCCCCC)c(C)s4)cnc(-c4cc5c(OC)c6sc(C)cc6c(OC)c5s4)c3nc2-c2cccc(OCCCCCCCCCCCC)c2)c1. The zero-order valence-electron chi connectivity index (χ0n) is 47.7. The van der Waals surface area contributed by atoms with Gasteiger partial charge in [0.1, 0.15) is 39.7 Å². The Kier molecular flexibility index (Phi) is 22.9. The van der Waals surface area contributed by atoms with Crippen molar-refractivity contribution in [1.29, 1.82) is 0 Å². The second kappa shape index (κ2) is 30.4. The molecule has 0 bridgehead atoms. The molecule has 0 aliphatic rings. The van der Waals surface area contributed by atoms with E-state index < -0.39 is 0 Å². The Bertz CT molecular complexity index is 3040. The molecule has 0 radical (unpaired) electrons. The van der Waals surface area contributed by atoms with Crippen LogP contribution in [-0.4, -0.2) is 42.4 Å². The van der Waals surface area contributed by atoms with E-state index in [0.29, 0.717) is 13.2 Å². The van der Waals surface area contributed by atoms with Gasteiger partial charge in [-0.15, -0.1) is 34.0 Å². The number of hydrogen-bond donors (Lipinski definition) is 0. The monoisotopic (exact) mass is 1090 g/mol. The highest BCUT2D eigenvalue weighted by Gasteiger charge is 2.26. The summed E-state index contributed by atoms with van der Waals surface area (Å²) < 4.78 is 27.6. The fourth-order valence-corrected chi connectivity index (χ4v) is 14.1. The molecule has 0 atom stereocenters. The fraction of sp³-hybridized carbons (Fsp3) is 0.507. The predicted octanol–water partition coefficient (Wildman–Crippen LogP) is 21.5. The molecule has 0 aliphatic carbocycles. The van der Waals surface area contributed by atoms with Crippen LogP contribution in [0.4, 0.5) is 0 Å². The van der Waals surface area contributed by atoms with Gasteiger partial charge in [-0.25, -0.2) is 9.97 Å². The van der Waals surface area contributed by atoms with Crippen molar-refractivity contribution >= 4 is 65.2 Å². The zero-order valence-corrected chi connectivity index (χ0v) is 50.2. The van der Waals surface area contributed by atoms with Crippen LogP contribution in [0.3, 0.4) is 0 Å². The molecule has 0 saturated heterocycles. The number of nitrogens with zero attached hydrogens (tertiary/aromatic N) is 3. The van der Waals surface area contributed by atoms with Crippen molar-refractivity contribution < 1.29 is 18.9 Å². The van der Waals surface area contributed by atoms with Crippen LogP contribution in [0, 0.1) is 13.8 Å². The lowest BCUT2D eigenvalue weighted by molar-refractivity contribution is 0.304. The lowest BCUT2D eigenvalue weighted by Gasteiger charge is -2.16. The summed E-state index contributed by atoms with van der Waals surface area (Å²) in [5.41, 5.74) is 8.24. The minimum absolute atomic E-state index is 0.684. The number of benzene rings is 3. The number of unbranched alkanes of at least 4 members (excludes halogenated alkanes) is 21. The Morgan fingerprint density at radius 1 is 0.455 bits per heavy atom. The molecule has 0 amide bonds. The maximum atomic E-state index is 6.53. The molecule has 8 rings (SSSR count). The molecule has 0 spiro atoms. The van der Waals surface area contributed by atoms with Crippen molar-refractivity contribution in [2.24, 2.45) is 0 Å². The van der Waals surface area contributed by atoms with Crippen molar-refractivity contribution in [1.82, 2.24) is 15.0 Å². The molecule has 10 heteroatoms. The molecular weight excluding hydrogens is 1010 g/mol. The van der Waals surface area contributed by atoms with Gasteiger partial charge in [-0.3, -0.25) is 4.98 Å². The van der Waals surface area contributed by atoms with E-state index in [9.17, 15) is 0 Å². The third-order valence-electron chi connectivity index (χ3n) is 15.2. The summed E-state index contributed by atoms with van der Waals surface area (Å²) in [7, 11) is 3.53. The lowest BCUT2D eigenvalue weighted by Crippen LogP contribution is -2.01. The molecule has 77 heavy (non-hydrogen) atoms. The van der Waals surface area contributed by atoms with Crippen LogP contribution in [0.2, 0.25) is 0 Å². The maximum Gasteiger partial charge on any atom is 0.145 e. The van der Waals surface area contributed by atoms with Gasteiger partial charge in [-0.05, 0) is 87.6 Å². The van der Waals surface area contributed by atoms with Gasteiger partial charge in [0.05, 0.1) is 53.1 Å². The molecule has 0 aliphatic heterocycles. The van der Waals surface area contributed by atoms with Crippen molar-refractivity contribution in [3.8, 4) is 66.5 Å². The van der Waals surface area contributed by atoms with Crippen molar-refractivity contribution in [2.75, 3.05) is 27.4 Å². The van der Waals surface area contributed by atoms with E-state index in [0.717, 1.165) is 117 Å². The van der Waals surface area contributed by atoms with E-state index in [2.05, 4.69) is 101 Å². The van der Waals surface area contributed by atoms with E-state index in [1.165, 1.54) is 157 Å². The number of hydrogen-bond acceptors (Lipinski definition) is 10. The summed E-state index contributed by atoms with van der Waals surface area (Å²) in [6.07, 6.45) is 33.8. The Labute approximate surface area is 473 Å². The molecule has 412 valence electrons. The summed E-state index contributed by atoms with van der Waals surface area (Å²) in [5, 5.41) is 2.07. The molecular formula is C67H87N3O4S3. The molecule has 8 aromatic rings. The Morgan fingerprint density at radius 2 is 0.935 bits per heavy atom. The molecule has 0 unspecified atom stereocenters. The smallest absolute Gasteiger partial charge is 0.145 e. The number of aryl methyl sites for hydroxylation is 3. The normalized spacial score (nSPS) is 11.7. The summed E-state index contributed by atoms with van der Waals surface area (Å²) in [6, 6.07) is 23.8. The molecule has 5 heterocycles. The number of aromatic nitrogens is 3. The minimum Gasteiger partial charge on any atom is -0.495 e. The first kappa shape index (κ1) is 58.1. The summed E-state index contributed by atoms with van der Waals surface area (Å²) in [5.74, 6) is 3.40. The van der Waals surface area contributed by atoms with E-state index in [1.54, 1.807) is 36.9 Å². The molecule has 3 aromatic carbocycles. The number of ether oxygens (including phenoxy) is 4. The highest BCUT2D eigenvalue weighted by Crippen LogP contribution is 2.52. The van der Waals surface area contributed by atoms with Crippen LogP contribution in [0.1, 0.15) is 190 Å². The average Bonchev–Trinajstić information content (AvgIpc) is 4.22. The Morgan fingerprint density at radius 3 is 1.47 bits per heavy atom. The van der Waals surface area contributed by atoms with Crippen LogP contribution in [0.15, 0.2) is 72.9 Å². The van der Waals surface area contributed by atoms with Crippen LogP contribution >= 0.6 is 34.0 Å². The van der Waals surface area contributed by atoms with Crippen molar-refractivity contribution in [2.45, 2.75) is 195 Å².